The van der Waals surface area contributed by atoms with E-state index in [0.717, 1.165) is 0 Å². The molecule has 0 aliphatic carbocycles. The number of ether oxygens (including phenoxy) is 2. The van der Waals surface area contributed by atoms with Gasteiger partial charge in [-0.15, -0.1) is 0 Å². The zero-order valence-electron chi connectivity index (χ0n) is 11.0. The van der Waals surface area contributed by atoms with E-state index in [4.69, 9.17) is 14.6 Å². The van der Waals surface area contributed by atoms with Crippen LogP contribution in [0.3, 0.4) is 0 Å². The number of nitro groups is 1. The smallest absolute Gasteiger partial charge is 0.333 e. The molecular formula is C13H15NO6. The topological polar surface area (TPSA) is 98.9 Å². The summed E-state index contributed by atoms with van der Waals surface area (Å²) in [6.45, 7) is 4.65. The van der Waals surface area contributed by atoms with Gasteiger partial charge in [-0.1, -0.05) is 6.58 Å². The van der Waals surface area contributed by atoms with Crippen LogP contribution in [-0.4, -0.2) is 29.2 Å². The standard InChI is InChI=1S/C13H15NO6/c1-9(2)13(16)20-6-5-19-11-3-4-12(14(17)18)10(7-11)8-15/h3-4,7,15H,1,5-6,8H2,2H3. The van der Waals surface area contributed by atoms with Crippen LogP contribution in [0.5, 0.6) is 5.75 Å². The molecule has 0 radical (unpaired) electrons. The lowest BCUT2D eigenvalue weighted by Gasteiger charge is -2.08. The lowest BCUT2D eigenvalue weighted by atomic mass is 10.2. The Labute approximate surface area is 115 Å². The first-order valence-corrected chi connectivity index (χ1v) is 5.79. The highest BCUT2D eigenvalue weighted by Crippen LogP contribution is 2.23. The molecule has 0 aliphatic heterocycles. The molecule has 0 unspecified atom stereocenters. The first kappa shape index (κ1) is 15.6. The highest BCUT2D eigenvalue weighted by Gasteiger charge is 2.13. The average molecular weight is 281 g/mol. The minimum absolute atomic E-state index is 0.0388. The molecule has 0 aliphatic rings. The van der Waals surface area contributed by atoms with Gasteiger partial charge >= 0.3 is 5.97 Å². The molecule has 0 bridgehead atoms. The van der Waals surface area contributed by atoms with E-state index in [1.165, 1.54) is 25.1 Å². The summed E-state index contributed by atoms with van der Waals surface area (Å²) in [7, 11) is 0. The number of aliphatic hydroxyl groups excluding tert-OH is 1. The Balaban J connectivity index is 2.55. The van der Waals surface area contributed by atoms with Crippen LogP contribution in [0.1, 0.15) is 12.5 Å². The Bertz CT molecular complexity index is 526. The van der Waals surface area contributed by atoms with Gasteiger partial charge in [0.15, 0.2) is 0 Å². The molecule has 0 spiro atoms. The predicted octanol–water partition coefficient (Wildman–Crippen LogP) is 1.59. The highest BCUT2D eigenvalue weighted by atomic mass is 16.6. The molecular weight excluding hydrogens is 266 g/mol. The van der Waals surface area contributed by atoms with Crippen molar-refractivity contribution in [2.24, 2.45) is 0 Å². The van der Waals surface area contributed by atoms with E-state index in [-0.39, 0.29) is 24.5 Å². The van der Waals surface area contributed by atoms with E-state index in [1.54, 1.807) is 0 Å². The summed E-state index contributed by atoms with van der Waals surface area (Å²) >= 11 is 0. The van der Waals surface area contributed by atoms with Crippen molar-refractivity contribution in [3.63, 3.8) is 0 Å². The summed E-state index contributed by atoms with van der Waals surface area (Å²) < 4.78 is 10.1. The van der Waals surface area contributed by atoms with Crippen LogP contribution in [0.15, 0.2) is 30.4 Å². The Morgan fingerprint density at radius 1 is 1.45 bits per heavy atom. The van der Waals surface area contributed by atoms with E-state index in [9.17, 15) is 14.9 Å². The molecule has 1 rings (SSSR count). The maximum atomic E-state index is 11.1. The molecule has 20 heavy (non-hydrogen) atoms. The molecule has 0 heterocycles. The maximum Gasteiger partial charge on any atom is 0.333 e. The Morgan fingerprint density at radius 3 is 2.70 bits per heavy atom. The van der Waals surface area contributed by atoms with Gasteiger partial charge in [0.1, 0.15) is 19.0 Å². The zero-order valence-corrected chi connectivity index (χ0v) is 11.0. The van der Waals surface area contributed by atoms with Gasteiger partial charge in [-0.05, 0) is 19.1 Å². The Hall–Kier alpha value is -2.41. The van der Waals surface area contributed by atoms with Gasteiger partial charge in [0.25, 0.3) is 5.69 Å². The van der Waals surface area contributed by atoms with Crippen LogP contribution in [0, 0.1) is 10.1 Å². The Morgan fingerprint density at radius 2 is 2.15 bits per heavy atom. The van der Waals surface area contributed by atoms with Gasteiger partial charge in [-0.2, -0.15) is 0 Å². The fourth-order valence-electron chi connectivity index (χ4n) is 1.37. The number of aliphatic hydroxyl groups is 1. The molecule has 0 saturated carbocycles. The van der Waals surface area contributed by atoms with Crippen molar-refractivity contribution in [3.05, 3.63) is 46.0 Å². The molecule has 7 nitrogen and oxygen atoms in total. The van der Waals surface area contributed by atoms with E-state index in [1.807, 2.05) is 0 Å². The first-order chi connectivity index (χ1) is 9.45. The monoisotopic (exact) mass is 281 g/mol. The number of nitrogens with zero attached hydrogens (tertiary/aromatic N) is 1. The third-order valence-electron chi connectivity index (χ3n) is 2.35. The lowest BCUT2D eigenvalue weighted by molar-refractivity contribution is -0.385. The van der Waals surface area contributed by atoms with Crippen molar-refractivity contribution in [3.8, 4) is 5.75 Å². The molecule has 0 atom stereocenters. The van der Waals surface area contributed by atoms with E-state index in [0.29, 0.717) is 11.3 Å². The third-order valence-corrected chi connectivity index (χ3v) is 2.35. The van der Waals surface area contributed by atoms with Gasteiger partial charge in [-0.25, -0.2) is 4.79 Å². The van der Waals surface area contributed by atoms with Crippen LogP contribution >= 0.6 is 0 Å². The number of hydrogen-bond acceptors (Lipinski definition) is 6. The number of carbonyl (C=O) groups is 1. The van der Waals surface area contributed by atoms with Gasteiger partial charge in [-0.3, -0.25) is 10.1 Å². The summed E-state index contributed by atoms with van der Waals surface area (Å²) in [6.07, 6.45) is 0. The molecule has 1 aromatic rings. The third kappa shape index (κ3) is 4.36. The predicted molar refractivity (Wildman–Crippen MR) is 70.3 cm³/mol. The van der Waals surface area contributed by atoms with Crippen molar-refractivity contribution in [1.29, 1.82) is 0 Å². The van der Waals surface area contributed by atoms with Gasteiger partial charge in [0, 0.05) is 11.6 Å². The second kappa shape index (κ2) is 7.25. The average Bonchev–Trinajstić information content (AvgIpc) is 2.42. The molecule has 0 amide bonds. The normalized spacial score (nSPS) is 9.90. The van der Waals surface area contributed by atoms with Crippen LogP contribution in [0.4, 0.5) is 5.69 Å². The highest BCUT2D eigenvalue weighted by molar-refractivity contribution is 5.86. The molecule has 1 aromatic carbocycles. The van der Waals surface area contributed by atoms with Crippen LogP contribution in [-0.2, 0) is 16.1 Å². The van der Waals surface area contributed by atoms with Gasteiger partial charge < -0.3 is 14.6 Å². The number of carbonyl (C=O) groups excluding carboxylic acids is 1. The Kier molecular flexibility index (Phi) is 5.67. The minimum atomic E-state index is -0.579. The minimum Gasteiger partial charge on any atom is -0.490 e. The van der Waals surface area contributed by atoms with Gasteiger partial charge in [0.2, 0.25) is 0 Å². The second-order valence-electron chi connectivity index (χ2n) is 3.97. The summed E-state index contributed by atoms with van der Waals surface area (Å²) in [5.41, 5.74) is 0.280. The van der Waals surface area contributed by atoms with Crippen molar-refractivity contribution >= 4 is 11.7 Å². The largest absolute Gasteiger partial charge is 0.490 e. The van der Waals surface area contributed by atoms with Crippen molar-refractivity contribution in [2.45, 2.75) is 13.5 Å². The van der Waals surface area contributed by atoms with Crippen molar-refractivity contribution < 1.29 is 24.3 Å². The fourth-order valence-corrected chi connectivity index (χ4v) is 1.37. The second-order valence-corrected chi connectivity index (χ2v) is 3.97. The summed E-state index contributed by atoms with van der Waals surface area (Å²) in [4.78, 5) is 21.2. The molecule has 0 aromatic heterocycles. The molecule has 108 valence electrons. The van der Waals surface area contributed by atoms with Crippen LogP contribution in [0.25, 0.3) is 0 Å². The molecule has 7 heteroatoms. The van der Waals surface area contributed by atoms with Crippen LogP contribution in [0.2, 0.25) is 0 Å². The number of benzene rings is 1. The number of hydrogen-bond donors (Lipinski definition) is 1. The molecule has 1 N–H and O–H groups in total. The van der Waals surface area contributed by atoms with E-state index < -0.39 is 17.5 Å². The number of nitro benzene ring substituents is 1. The fraction of sp³-hybridized carbons (Fsp3) is 0.308. The summed E-state index contributed by atoms with van der Waals surface area (Å²) in [6, 6.07) is 4.04. The quantitative estimate of drug-likeness (QED) is 0.268. The summed E-state index contributed by atoms with van der Waals surface area (Å²) in [5.74, 6) is -0.153. The molecule has 0 saturated heterocycles. The SMILES string of the molecule is C=C(C)C(=O)OCCOc1ccc([N+](=O)[O-])c(CO)c1. The summed E-state index contributed by atoms with van der Waals surface area (Å²) in [5, 5.41) is 19.7. The van der Waals surface area contributed by atoms with Crippen molar-refractivity contribution in [2.75, 3.05) is 13.2 Å². The first-order valence-electron chi connectivity index (χ1n) is 5.79. The lowest BCUT2D eigenvalue weighted by Crippen LogP contribution is -2.12. The zero-order chi connectivity index (χ0) is 15.1. The van der Waals surface area contributed by atoms with E-state index >= 15 is 0 Å². The van der Waals surface area contributed by atoms with Crippen LogP contribution < -0.4 is 4.74 Å². The van der Waals surface area contributed by atoms with E-state index in [2.05, 4.69) is 6.58 Å². The van der Waals surface area contributed by atoms with Gasteiger partial charge in [0.05, 0.1) is 17.1 Å². The molecule has 0 fully saturated rings. The van der Waals surface area contributed by atoms with Crippen molar-refractivity contribution in [1.82, 2.24) is 0 Å². The number of esters is 1. The maximum absolute atomic E-state index is 11.1. The number of rotatable bonds is 7.